The molecule has 0 saturated heterocycles. The summed E-state index contributed by atoms with van der Waals surface area (Å²) in [5.74, 6) is -1.54. The summed E-state index contributed by atoms with van der Waals surface area (Å²) in [7, 11) is 0. The summed E-state index contributed by atoms with van der Waals surface area (Å²) in [5.41, 5.74) is 8.25. The maximum Gasteiger partial charge on any atom is 2.00 e. The molecule has 9 rings (SSSR count). The minimum absolute atomic E-state index is 0. The number of hydrogen-bond acceptors (Lipinski definition) is 5. The Bertz CT molecular complexity index is 2750. The molecule has 9 heteroatoms. The van der Waals surface area contributed by atoms with E-state index >= 15 is 0 Å². The quantitative estimate of drug-likeness (QED) is 0.116. The van der Waals surface area contributed by atoms with Gasteiger partial charge in [0.25, 0.3) is 0 Å². The van der Waals surface area contributed by atoms with Gasteiger partial charge in [-0.05, 0) is 73.8 Å². The third kappa shape index (κ3) is 7.60. The second-order valence-electron chi connectivity index (χ2n) is 14.2. The number of anilines is 1. The molecule has 0 fully saturated rings. The van der Waals surface area contributed by atoms with Gasteiger partial charge in [0.05, 0.1) is 30.0 Å². The average molecular weight is 810 g/mol. The van der Waals surface area contributed by atoms with Crippen molar-refractivity contribution >= 4 is 67.3 Å². The van der Waals surface area contributed by atoms with E-state index in [9.17, 15) is 14.7 Å². The SMILES string of the molecule is O=C(CN1Cc2ccc3ccccc3c2-c2c(ccc3ccccc23)C1)Nc1ccc(Cl)cc1C(=N[C@H](Cc1c[n-]c2ccccc12)C(=O)[O-])c1ccccc1.[Ni+2]. The summed E-state index contributed by atoms with van der Waals surface area (Å²) in [6.45, 7) is 1.25. The Labute approximate surface area is 344 Å². The van der Waals surface area contributed by atoms with E-state index in [0.717, 1.165) is 27.6 Å². The van der Waals surface area contributed by atoms with Crippen LogP contribution in [0.5, 0.6) is 0 Å². The molecule has 0 aliphatic carbocycles. The molecule has 0 spiro atoms. The van der Waals surface area contributed by atoms with E-state index in [1.807, 2.05) is 54.6 Å². The van der Waals surface area contributed by atoms with Gasteiger partial charge in [0.15, 0.2) is 0 Å². The second kappa shape index (κ2) is 16.2. The Morgan fingerprint density at radius 1 is 0.737 bits per heavy atom. The van der Waals surface area contributed by atoms with E-state index in [2.05, 4.69) is 88.0 Å². The summed E-state index contributed by atoms with van der Waals surface area (Å²) in [6.07, 6.45) is 1.76. The van der Waals surface area contributed by atoms with Gasteiger partial charge >= 0.3 is 16.5 Å². The zero-order valence-corrected chi connectivity index (χ0v) is 32.3. The predicted octanol–water partition coefficient (Wildman–Crippen LogP) is 8.57. The fourth-order valence-electron chi connectivity index (χ4n) is 8.03. The zero-order valence-electron chi connectivity index (χ0n) is 30.6. The van der Waals surface area contributed by atoms with Crippen LogP contribution in [-0.4, -0.2) is 35.1 Å². The number of halogens is 1. The first-order valence-corrected chi connectivity index (χ1v) is 18.9. The number of aliphatic carboxylic acids is 1. The van der Waals surface area contributed by atoms with E-state index in [-0.39, 0.29) is 35.4 Å². The molecule has 1 N–H and O–H groups in total. The van der Waals surface area contributed by atoms with Crippen LogP contribution in [0.1, 0.15) is 27.8 Å². The number of nitrogens with zero attached hydrogens (tertiary/aromatic N) is 3. The molecule has 2 heterocycles. The van der Waals surface area contributed by atoms with Gasteiger partial charge in [-0.1, -0.05) is 145 Å². The van der Waals surface area contributed by atoms with Crippen LogP contribution in [0.25, 0.3) is 43.6 Å². The first kappa shape index (κ1) is 37.9. The molecule has 1 atom stereocenters. The molecule has 0 bridgehead atoms. The predicted molar refractivity (Wildman–Crippen MR) is 223 cm³/mol. The molecule has 57 heavy (non-hydrogen) atoms. The number of amides is 1. The van der Waals surface area contributed by atoms with E-state index in [0.29, 0.717) is 40.6 Å². The van der Waals surface area contributed by atoms with Crippen LogP contribution in [0.3, 0.4) is 0 Å². The van der Waals surface area contributed by atoms with Crippen LogP contribution in [0, 0.1) is 0 Å². The molecule has 1 aliphatic rings. The van der Waals surface area contributed by atoms with Crippen molar-refractivity contribution in [3.63, 3.8) is 0 Å². The fraction of sp³-hybridized carbons (Fsp3) is 0.104. The van der Waals surface area contributed by atoms with Crippen molar-refractivity contribution in [1.29, 1.82) is 0 Å². The van der Waals surface area contributed by atoms with Crippen molar-refractivity contribution in [1.82, 2.24) is 9.88 Å². The molecule has 0 unspecified atom stereocenters. The van der Waals surface area contributed by atoms with Crippen LogP contribution in [0.2, 0.25) is 5.02 Å². The number of carbonyl (C=O) groups excluding carboxylic acids is 2. The standard InChI is InChI=1S/C48H36ClN4O3.Ni/c49-36-22-23-42(40(25-36)47(32-12-2-1-3-13-32)52-43(48(55)56)24-35-26-50-41-17-9-8-14-37(35)41)51-44(54)29-53-27-33-20-18-30-10-4-6-15-38(30)45(33)46-34(28-53)21-19-31-11-5-7-16-39(31)46;/h1-23,25-26,43H,24,27-29H2,(H,55,56)(H,51,52,54);/q-1;+2/p-1/t43-;/m1./s1. The van der Waals surface area contributed by atoms with Gasteiger partial charge < -0.3 is 20.2 Å². The average Bonchev–Trinajstić information content (AvgIpc) is 3.54. The molecule has 7 nitrogen and oxygen atoms in total. The molecule has 282 valence electrons. The van der Waals surface area contributed by atoms with Crippen molar-refractivity contribution in [2.75, 3.05) is 11.9 Å². The van der Waals surface area contributed by atoms with Crippen molar-refractivity contribution in [3.8, 4) is 11.1 Å². The van der Waals surface area contributed by atoms with Gasteiger partial charge in [0.1, 0.15) is 0 Å². The normalized spacial score (nSPS) is 13.4. The molecular formula is C48H35ClN4NiO3. The van der Waals surface area contributed by atoms with Gasteiger partial charge in [-0.2, -0.15) is 6.20 Å². The Morgan fingerprint density at radius 3 is 1.98 bits per heavy atom. The minimum atomic E-state index is -1.32. The summed E-state index contributed by atoms with van der Waals surface area (Å²) < 4.78 is 0. The van der Waals surface area contributed by atoms with Gasteiger partial charge in [-0.3, -0.25) is 14.7 Å². The van der Waals surface area contributed by atoms with Gasteiger partial charge in [0.2, 0.25) is 5.91 Å². The van der Waals surface area contributed by atoms with Crippen LogP contribution < -0.4 is 15.4 Å². The maximum atomic E-state index is 14.2. The molecule has 7 aromatic carbocycles. The Kier molecular flexibility index (Phi) is 10.8. The number of rotatable bonds is 9. The molecule has 1 aromatic heterocycles. The fourth-order valence-corrected chi connectivity index (χ4v) is 8.20. The Hall–Kier alpha value is -6.05. The van der Waals surface area contributed by atoms with E-state index in [1.165, 1.54) is 32.7 Å². The summed E-state index contributed by atoms with van der Waals surface area (Å²) >= 11 is 6.60. The Morgan fingerprint density at radius 2 is 1.33 bits per heavy atom. The third-order valence-corrected chi connectivity index (χ3v) is 10.8. The van der Waals surface area contributed by atoms with Crippen LogP contribution in [-0.2, 0) is 45.6 Å². The Balaban J connectivity index is 0.00000455. The maximum absolute atomic E-state index is 14.2. The van der Waals surface area contributed by atoms with Crippen molar-refractivity contribution in [2.24, 2.45) is 4.99 Å². The van der Waals surface area contributed by atoms with Gasteiger partial charge in [0, 0.05) is 29.2 Å². The molecule has 0 radical (unpaired) electrons. The van der Waals surface area contributed by atoms with Crippen LogP contribution in [0.4, 0.5) is 5.69 Å². The molecular weight excluding hydrogens is 775 g/mol. The number of nitrogens with one attached hydrogen (secondary N) is 1. The van der Waals surface area contributed by atoms with Gasteiger partial charge in [-0.25, -0.2) is 0 Å². The summed E-state index contributed by atoms with van der Waals surface area (Å²) in [5, 5.41) is 21.9. The second-order valence-corrected chi connectivity index (χ2v) is 14.6. The monoisotopic (exact) mass is 808 g/mol. The van der Waals surface area contributed by atoms with Crippen LogP contribution in [0.15, 0.2) is 157 Å². The number of benzene rings is 7. The van der Waals surface area contributed by atoms with Gasteiger partial charge in [-0.15, -0.1) is 5.52 Å². The number of para-hydroxylation sites is 1. The topological polar surface area (TPSA) is 98.9 Å². The molecule has 1 aliphatic heterocycles. The number of fused-ring (bicyclic) bond motifs is 8. The third-order valence-electron chi connectivity index (χ3n) is 10.6. The molecule has 0 saturated carbocycles. The number of aromatic nitrogens is 1. The zero-order chi connectivity index (χ0) is 38.2. The summed E-state index contributed by atoms with van der Waals surface area (Å²) in [4.78, 5) is 38.3. The van der Waals surface area contributed by atoms with Crippen molar-refractivity contribution < 1.29 is 31.2 Å². The number of hydrogen-bond donors (Lipinski definition) is 1. The van der Waals surface area contributed by atoms with Crippen LogP contribution >= 0.6 is 11.6 Å². The molecule has 8 aromatic rings. The minimum Gasteiger partial charge on any atom is -0.663 e. The molecule has 1 amide bonds. The largest absolute Gasteiger partial charge is 2.00 e. The van der Waals surface area contributed by atoms with E-state index in [1.54, 1.807) is 24.4 Å². The smallest absolute Gasteiger partial charge is 0.663 e. The number of carboxylic acid groups (broad SMARTS) is 1. The van der Waals surface area contributed by atoms with Crippen molar-refractivity contribution in [2.45, 2.75) is 25.6 Å². The first-order valence-electron chi connectivity index (χ1n) is 18.6. The van der Waals surface area contributed by atoms with E-state index < -0.39 is 12.0 Å². The van der Waals surface area contributed by atoms with Crippen molar-refractivity contribution in [3.05, 3.63) is 185 Å². The number of aliphatic imine (C=N–C) groups is 1. The summed E-state index contributed by atoms with van der Waals surface area (Å²) in [6, 6.07) is 46.4. The first-order chi connectivity index (χ1) is 27.4. The number of carboxylic acids is 1. The number of carbonyl (C=O) groups is 2. The van der Waals surface area contributed by atoms with E-state index in [4.69, 9.17) is 16.6 Å².